The van der Waals surface area contributed by atoms with Crippen molar-refractivity contribution in [1.29, 1.82) is 0 Å². The molecule has 0 bridgehead atoms. The largest absolute Gasteiger partial charge is 0.445 e. The van der Waals surface area contributed by atoms with Crippen molar-refractivity contribution in [3.05, 3.63) is 53.2 Å². The van der Waals surface area contributed by atoms with E-state index in [0.717, 1.165) is 18.2 Å². The molecule has 2 rings (SSSR count). The minimum Gasteiger partial charge on any atom is -0.445 e. The second kappa shape index (κ2) is 5.96. The molecule has 0 saturated carbocycles. The average molecular weight is 272 g/mol. The number of aromatic nitrogens is 1. The van der Waals surface area contributed by atoms with Gasteiger partial charge in [-0.25, -0.2) is 13.8 Å². The van der Waals surface area contributed by atoms with Gasteiger partial charge in [0.15, 0.2) is 5.89 Å². The molecule has 0 spiro atoms. The van der Waals surface area contributed by atoms with Crippen LogP contribution in [0.25, 0.3) is 0 Å². The quantitative estimate of drug-likeness (QED) is 0.775. The molecule has 96 valence electrons. The fourth-order valence-electron chi connectivity index (χ4n) is 1.61. The summed E-state index contributed by atoms with van der Waals surface area (Å²) in [5, 5.41) is 0. The van der Waals surface area contributed by atoms with Crippen LogP contribution in [0.4, 0.5) is 8.78 Å². The zero-order valence-corrected chi connectivity index (χ0v) is 10.4. The van der Waals surface area contributed by atoms with Gasteiger partial charge in [-0.1, -0.05) is 6.07 Å². The molecule has 0 radical (unpaired) electrons. The van der Waals surface area contributed by atoms with Crippen LogP contribution in [0.1, 0.15) is 23.6 Å². The number of hydrogen-bond donors (Lipinski definition) is 0. The molecule has 0 aliphatic heterocycles. The topological polar surface area (TPSA) is 26.0 Å². The smallest absolute Gasteiger partial charge is 0.198 e. The number of hydrogen-bond acceptors (Lipinski definition) is 2. The summed E-state index contributed by atoms with van der Waals surface area (Å²) in [7, 11) is 0. The molecule has 1 aromatic heterocycles. The van der Waals surface area contributed by atoms with Crippen LogP contribution in [0.15, 0.2) is 28.8 Å². The van der Waals surface area contributed by atoms with Crippen molar-refractivity contribution in [2.75, 3.05) is 5.88 Å². The molecule has 18 heavy (non-hydrogen) atoms. The molecule has 0 N–H and O–H groups in total. The summed E-state index contributed by atoms with van der Waals surface area (Å²) >= 11 is 5.58. The Labute approximate surface area is 109 Å². The van der Waals surface area contributed by atoms with Gasteiger partial charge in [0.05, 0.1) is 12.6 Å². The lowest BCUT2D eigenvalue weighted by molar-refractivity contribution is 0.458. The van der Waals surface area contributed by atoms with Crippen molar-refractivity contribution < 1.29 is 13.2 Å². The lowest BCUT2D eigenvalue weighted by Gasteiger charge is -2.00. The fraction of sp³-hybridized carbons (Fsp3) is 0.308. The molecular weight excluding hydrogens is 260 g/mol. The highest BCUT2D eigenvalue weighted by Crippen LogP contribution is 2.15. The van der Waals surface area contributed by atoms with Gasteiger partial charge in [-0.15, -0.1) is 11.6 Å². The van der Waals surface area contributed by atoms with Crippen LogP contribution >= 0.6 is 11.6 Å². The second-order valence-electron chi connectivity index (χ2n) is 3.93. The number of benzene rings is 1. The summed E-state index contributed by atoms with van der Waals surface area (Å²) in [6.07, 6.45) is 3.35. The van der Waals surface area contributed by atoms with Crippen LogP contribution < -0.4 is 0 Å². The van der Waals surface area contributed by atoms with Crippen molar-refractivity contribution in [3.8, 4) is 0 Å². The number of rotatable bonds is 5. The van der Waals surface area contributed by atoms with Crippen LogP contribution in [0.5, 0.6) is 0 Å². The van der Waals surface area contributed by atoms with Crippen LogP contribution in [-0.2, 0) is 12.8 Å². The first kappa shape index (κ1) is 13.0. The Bertz CT molecular complexity index is 527. The summed E-state index contributed by atoms with van der Waals surface area (Å²) in [5.41, 5.74) is 0.363. The molecule has 5 heteroatoms. The summed E-state index contributed by atoms with van der Waals surface area (Å²) in [6, 6.07) is 3.47. The van der Waals surface area contributed by atoms with Gasteiger partial charge in [-0.05, 0) is 18.1 Å². The van der Waals surface area contributed by atoms with Gasteiger partial charge in [0.25, 0.3) is 0 Å². The minimum atomic E-state index is -0.591. The first-order chi connectivity index (χ1) is 8.69. The van der Waals surface area contributed by atoms with Crippen LogP contribution in [0, 0.1) is 11.6 Å². The Morgan fingerprint density at radius 3 is 2.83 bits per heavy atom. The van der Waals surface area contributed by atoms with Crippen molar-refractivity contribution in [1.82, 2.24) is 4.98 Å². The highest BCUT2D eigenvalue weighted by molar-refractivity contribution is 6.17. The predicted octanol–water partition coefficient (Wildman–Crippen LogP) is 3.72. The van der Waals surface area contributed by atoms with Gasteiger partial charge in [0, 0.05) is 18.4 Å². The number of alkyl halides is 1. The van der Waals surface area contributed by atoms with E-state index in [1.54, 1.807) is 6.20 Å². The standard InChI is InChI=1S/C13H12ClF2NO/c14-5-1-2-11-8-17-13(18-11)6-9-3-4-10(15)7-12(9)16/h3-4,7-8H,1-2,5-6H2. The number of oxazole rings is 1. The number of aryl methyl sites for hydroxylation is 1. The van der Waals surface area contributed by atoms with Gasteiger partial charge < -0.3 is 4.42 Å². The van der Waals surface area contributed by atoms with Crippen molar-refractivity contribution in [3.63, 3.8) is 0 Å². The van der Waals surface area contributed by atoms with Gasteiger partial charge in [-0.3, -0.25) is 0 Å². The lowest BCUT2D eigenvalue weighted by Crippen LogP contribution is -1.93. The van der Waals surface area contributed by atoms with E-state index in [4.69, 9.17) is 16.0 Å². The SMILES string of the molecule is Fc1ccc(Cc2ncc(CCCCl)o2)c(F)c1. The lowest BCUT2D eigenvalue weighted by atomic mass is 10.1. The van der Waals surface area contributed by atoms with Crippen LogP contribution in [-0.4, -0.2) is 10.9 Å². The van der Waals surface area contributed by atoms with Gasteiger partial charge in [0.1, 0.15) is 17.4 Å². The van der Waals surface area contributed by atoms with E-state index >= 15 is 0 Å². The molecule has 1 heterocycles. The highest BCUT2D eigenvalue weighted by Gasteiger charge is 2.09. The van der Waals surface area contributed by atoms with Crippen molar-refractivity contribution in [2.24, 2.45) is 0 Å². The maximum absolute atomic E-state index is 13.4. The Morgan fingerprint density at radius 2 is 2.11 bits per heavy atom. The molecule has 0 aliphatic rings. The summed E-state index contributed by atoms with van der Waals surface area (Å²) < 4.78 is 31.6. The fourth-order valence-corrected chi connectivity index (χ4v) is 1.75. The third-order valence-electron chi connectivity index (χ3n) is 2.52. The normalized spacial score (nSPS) is 10.8. The van der Waals surface area contributed by atoms with E-state index in [-0.39, 0.29) is 6.42 Å². The molecule has 0 atom stereocenters. The first-order valence-corrected chi connectivity index (χ1v) is 6.16. The van der Waals surface area contributed by atoms with Crippen molar-refractivity contribution in [2.45, 2.75) is 19.3 Å². The number of nitrogens with zero attached hydrogens (tertiary/aromatic N) is 1. The van der Waals surface area contributed by atoms with Gasteiger partial charge >= 0.3 is 0 Å². The molecule has 0 aliphatic carbocycles. The maximum atomic E-state index is 13.4. The third kappa shape index (κ3) is 3.29. The molecule has 2 nitrogen and oxygen atoms in total. The molecule has 0 saturated heterocycles. The maximum Gasteiger partial charge on any atom is 0.198 e. The molecule has 0 unspecified atom stereocenters. The van der Waals surface area contributed by atoms with E-state index in [1.807, 2.05) is 0 Å². The van der Waals surface area contributed by atoms with E-state index in [2.05, 4.69) is 4.98 Å². The van der Waals surface area contributed by atoms with Gasteiger partial charge in [-0.2, -0.15) is 0 Å². The highest BCUT2D eigenvalue weighted by atomic mass is 35.5. The van der Waals surface area contributed by atoms with E-state index in [9.17, 15) is 8.78 Å². The Balaban J connectivity index is 2.06. The zero-order valence-electron chi connectivity index (χ0n) is 9.63. The molecule has 1 aromatic carbocycles. The van der Waals surface area contributed by atoms with Crippen molar-refractivity contribution >= 4 is 11.6 Å². The van der Waals surface area contributed by atoms with E-state index < -0.39 is 11.6 Å². The zero-order chi connectivity index (χ0) is 13.0. The third-order valence-corrected chi connectivity index (χ3v) is 2.78. The Kier molecular flexibility index (Phi) is 4.31. The minimum absolute atomic E-state index is 0.215. The summed E-state index contributed by atoms with van der Waals surface area (Å²) in [4.78, 5) is 4.06. The molecule has 2 aromatic rings. The monoisotopic (exact) mass is 271 g/mol. The average Bonchev–Trinajstić information content (AvgIpc) is 2.78. The second-order valence-corrected chi connectivity index (χ2v) is 4.30. The van der Waals surface area contributed by atoms with Gasteiger partial charge in [0.2, 0.25) is 0 Å². The Morgan fingerprint density at radius 1 is 1.28 bits per heavy atom. The predicted molar refractivity (Wildman–Crippen MR) is 64.7 cm³/mol. The number of halogens is 3. The summed E-state index contributed by atoms with van der Waals surface area (Å²) in [5.74, 6) is 0.531. The molecular formula is C13H12ClF2NO. The van der Waals surface area contributed by atoms with E-state index in [1.165, 1.54) is 12.1 Å². The first-order valence-electron chi connectivity index (χ1n) is 5.62. The molecule has 0 amide bonds. The van der Waals surface area contributed by atoms with Crippen LogP contribution in [0.3, 0.4) is 0 Å². The molecule has 0 fully saturated rings. The van der Waals surface area contributed by atoms with Crippen LogP contribution in [0.2, 0.25) is 0 Å². The summed E-state index contributed by atoms with van der Waals surface area (Å²) in [6.45, 7) is 0. The Hall–Kier alpha value is -1.42. The van der Waals surface area contributed by atoms with E-state index in [0.29, 0.717) is 23.8 Å².